The van der Waals surface area contributed by atoms with Crippen LogP contribution in [-0.2, 0) is 0 Å². The van der Waals surface area contributed by atoms with Crippen molar-refractivity contribution in [1.82, 2.24) is 14.9 Å². The molecule has 1 aliphatic heterocycles. The minimum atomic E-state index is -0.969. The molecule has 6 nitrogen and oxygen atoms in total. The summed E-state index contributed by atoms with van der Waals surface area (Å²) in [5.74, 6) is -0.969. The minimum absolute atomic E-state index is 0.217. The first-order valence-corrected chi connectivity index (χ1v) is 11.1. The first-order valence-electron chi connectivity index (χ1n) is 10.3. The van der Waals surface area contributed by atoms with Gasteiger partial charge < -0.3 is 19.9 Å². The average Bonchev–Trinajstić information content (AvgIpc) is 3.44. The molecule has 2 aromatic heterocycles. The van der Waals surface area contributed by atoms with E-state index >= 15 is 0 Å². The third kappa shape index (κ3) is 3.97. The lowest BCUT2D eigenvalue weighted by atomic mass is 10.0. The van der Waals surface area contributed by atoms with E-state index < -0.39 is 5.97 Å². The number of carbonyl (C=O) groups is 1. The van der Waals surface area contributed by atoms with Crippen molar-refractivity contribution in [2.45, 2.75) is 12.1 Å². The molecule has 164 valence electrons. The zero-order valence-electron chi connectivity index (χ0n) is 17.3. The van der Waals surface area contributed by atoms with E-state index in [0.29, 0.717) is 10.1 Å². The molecule has 2 aromatic carbocycles. The van der Waals surface area contributed by atoms with Crippen LogP contribution in [0.3, 0.4) is 0 Å². The number of carboxylic acid groups (broad SMARTS) is 1. The van der Waals surface area contributed by atoms with E-state index in [1.165, 1.54) is 0 Å². The Morgan fingerprint density at radius 2 is 1.82 bits per heavy atom. The number of aromatic carboxylic acids is 1. The van der Waals surface area contributed by atoms with E-state index in [9.17, 15) is 9.90 Å². The molecule has 0 amide bonds. The summed E-state index contributed by atoms with van der Waals surface area (Å²) in [5, 5.41) is 14.1. The Labute approximate surface area is 201 Å². The molecule has 4 aromatic rings. The second kappa shape index (κ2) is 8.69. The lowest BCUT2D eigenvalue weighted by Crippen LogP contribution is -2.30. The van der Waals surface area contributed by atoms with Crippen molar-refractivity contribution in [3.8, 4) is 5.69 Å². The molecule has 3 heterocycles. The summed E-state index contributed by atoms with van der Waals surface area (Å²) in [6.45, 7) is 0. The molecular formula is C25H19ClN4O2S. The molecule has 8 heteroatoms. The molecule has 0 aliphatic carbocycles. The SMILES string of the molecule is O=C(O)c1cccc(-n2cccc2C2C(c3ccccn3)NC(=S)N2c2ccc(Cl)cc2)c1. The molecule has 0 radical (unpaired) electrons. The van der Waals surface area contributed by atoms with Crippen LogP contribution in [-0.4, -0.2) is 25.7 Å². The quantitative estimate of drug-likeness (QED) is 0.377. The molecule has 2 unspecified atom stereocenters. The van der Waals surface area contributed by atoms with Gasteiger partial charge in [-0.15, -0.1) is 0 Å². The topological polar surface area (TPSA) is 70.4 Å². The van der Waals surface area contributed by atoms with Gasteiger partial charge in [-0.25, -0.2) is 4.79 Å². The summed E-state index contributed by atoms with van der Waals surface area (Å²) in [5.41, 5.74) is 3.67. The number of hydrogen-bond acceptors (Lipinski definition) is 3. The fourth-order valence-corrected chi connectivity index (χ4v) is 4.67. The van der Waals surface area contributed by atoms with Gasteiger partial charge in [0.1, 0.15) is 6.04 Å². The van der Waals surface area contributed by atoms with Crippen molar-refractivity contribution in [1.29, 1.82) is 0 Å². The highest BCUT2D eigenvalue weighted by Crippen LogP contribution is 2.42. The zero-order valence-corrected chi connectivity index (χ0v) is 18.9. The number of benzene rings is 2. The number of aromatic nitrogens is 2. The van der Waals surface area contributed by atoms with Gasteiger partial charge in [-0.2, -0.15) is 0 Å². The van der Waals surface area contributed by atoms with Gasteiger partial charge in [0.15, 0.2) is 5.11 Å². The number of nitrogens with zero attached hydrogens (tertiary/aromatic N) is 3. The van der Waals surface area contributed by atoms with E-state index in [0.717, 1.165) is 22.8 Å². The Morgan fingerprint density at radius 3 is 2.55 bits per heavy atom. The van der Waals surface area contributed by atoms with Crippen molar-refractivity contribution in [3.63, 3.8) is 0 Å². The van der Waals surface area contributed by atoms with Crippen molar-refractivity contribution in [2.75, 3.05) is 4.90 Å². The number of pyridine rings is 1. The van der Waals surface area contributed by atoms with Crippen LogP contribution in [0.2, 0.25) is 5.02 Å². The third-order valence-corrected chi connectivity index (χ3v) is 6.22. The van der Waals surface area contributed by atoms with Gasteiger partial charge in [0.05, 0.1) is 17.3 Å². The molecule has 0 saturated carbocycles. The molecule has 1 aliphatic rings. The summed E-state index contributed by atoms with van der Waals surface area (Å²) in [4.78, 5) is 18.2. The third-order valence-electron chi connectivity index (χ3n) is 5.66. The predicted octanol–water partition coefficient (Wildman–Crippen LogP) is 5.40. The number of thiocarbonyl (C=S) groups is 1. The summed E-state index contributed by atoms with van der Waals surface area (Å²) < 4.78 is 1.99. The molecule has 2 atom stereocenters. The summed E-state index contributed by atoms with van der Waals surface area (Å²) >= 11 is 11.9. The summed E-state index contributed by atoms with van der Waals surface area (Å²) in [6, 6.07) is 23.7. The summed E-state index contributed by atoms with van der Waals surface area (Å²) in [6.07, 6.45) is 3.69. The van der Waals surface area contributed by atoms with E-state index in [1.54, 1.807) is 24.4 Å². The second-order valence-electron chi connectivity index (χ2n) is 7.63. The highest BCUT2D eigenvalue weighted by atomic mass is 35.5. The van der Waals surface area contributed by atoms with Gasteiger partial charge >= 0.3 is 5.97 Å². The van der Waals surface area contributed by atoms with Crippen LogP contribution >= 0.6 is 23.8 Å². The Hall–Kier alpha value is -3.68. The smallest absolute Gasteiger partial charge is 0.335 e. The minimum Gasteiger partial charge on any atom is -0.478 e. The fraction of sp³-hybridized carbons (Fsp3) is 0.0800. The number of halogens is 1. The lowest BCUT2D eigenvalue weighted by Gasteiger charge is -2.29. The van der Waals surface area contributed by atoms with Crippen molar-refractivity contribution >= 4 is 40.6 Å². The highest BCUT2D eigenvalue weighted by molar-refractivity contribution is 7.80. The van der Waals surface area contributed by atoms with Gasteiger partial charge in [0, 0.05) is 34.5 Å². The Bertz CT molecular complexity index is 1320. The standard InChI is InChI=1S/C25H19ClN4O2S/c26-17-9-11-18(12-10-17)30-23(22(28-25(30)33)20-7-1-2-13-27-20)21-8-4-14-29(21)19-6-3-5-16(15-19)24(31)32/h1-15,22-23H,(H,28,33)(H,31,32). The van der Waals surface area contributed by atoms with Crippen LogP contribution in [0.4, 0.5) is 5.69 Å². The van der Waals surface area contributed by atoms with Crippen LogP contribution < -0.4 is 10.2 Å². The van der Waals surface area contributed by atoms with Crippen LogP contribution in [0.15, 0.2) is 91.3 Å². The number of carboxylic acids is 1. The molecule has 1 saturated heterocycles. The van der Waals surface area contributed by atoms with Crippen LogP contribution in [0, 0.1) is 0 Å². The van der Waals surface area contributed by atoms with Gasteiger partial charge in [-0.3, -0.25) is 4.98 Å². The number of anilines is 1. The normalized spacial score (nSPS) is 17.7. The first kappa shape index (κ1) is 21.2. The maximum Gasteiger partial charge on any atom is 0.335 e. The average molecular weight is 475 g/mol. The van der Waals surface area contributed by atoms with Crippen LogP contribution in [0.5, 0.6) is 0 Å². The zero-order chi connectivity index (χ0) is 22.9. The molecular weight excluding hydrogens is 456 g/mol. The maximum absolute atomic E-state index is 11.5. The Kier molecular flexibility index (Phi) is 5.58. The van der Waals surface area contributed by atoms with Gasteiger partial charge in [0.25, 0.3) is 0 Å². The number of rotatable bonds is 5. The van der Waals surface area contributed by atoms with Crippen molar-refractivity contribution in [2.24, 2.45) is 0 Å². The Balaban J connectivity index is 1.66. The van der Waals surface area contributed by atoms with E-state index in [-0.39, 0.29) is 17.6 Å². The van der Waals surface area contributed by atoms with E-state index in [1.807, 2.05) is 71.4 Å². The maximum atomic E-state index is 11.5. The van der Waals surface area contributed by atoms with Crippen LogP contribution in [0.1, 0.15) is 33.8 Å². The predicted molar refractivity (Wildman–Crippen MR) is 132 cm³/mol. The van der Waals surface area contributed by atoms with Gasteiger partial charge in [0.2, 0.25) is 0 Å². The fourth-order valence-electron chi connectivity index (χ4n) is 4.19. The molecule has 33 heavy (non-hydrogen) atoms. The monoisotopic (exact) mass is 474 g/mol. The summed E-state index contributed by atoms with van der Waals surface area (Å²) in [7, 11) is 0. The number of nitrogens with one attached hydrogen (secondary N) is 1. The van der Waals surface area contributed by atoms with Crippen molar-refractivity contribution < 1.29 is 9.90 Å². The molecule has 0 bridgehead atoms. The molecule has 2 N–H and O–H groups in total. The lowest BCUT2D eigenvalue weighted by molar-refractivity contribution is 0.0697. The van der Waals surface area contributed by atoms with Crippen LogP contribution in [0.25, 0.3) is 5.69 Å². The molecule has 1 fully saturated rings. The molecule has 0 spiro atoms. The van der Waals surface area contributed by atoms with E-state index in [2.05, 4.69) is 15.2 Å². The first-order chi connectivity index (χ1) is 16.0. The van der Waals surface area contributed by atoms with Gasteiger partial charge in [-0.05, 0) is 78.9 Å². The van der Waals surface area contributed by atoms with Crippen molar-refractivity contribution in [3.05, 3.63) is 113 Å². The number of hydrogen-bond donors (Lipinski definition) is 2. The van der Waals surface area contributed by atoms with E-state index in [4.69, 9.17) is 23.8 Å². The Morgan fingerprint density at radius 1 is 1.00 bits per heavy atom. The molecule has 5 rings (SSSR count). The highest BCUT2D eigenvalue weighted by Gasteiger charge is 2.42. The largest absolute Gasteiger partial charge is 0.478 e. The second-order valence-corrected chi connectivity index (χ2v) is 8.45. The van der Waals surface area contributed by atoms with Gasteiger partial charge in [-0.1, -0.05) is 23.7 Å².